The van der Waals surface area contributed by atoms with Crippen molar-refractivity contribution < 1.29 is 19.0 Å². The van der Waals surface area contributed by atoms with Gasteiger partial charge in [-0.25, -0.2) is 0 Å². The smallest absolute Gasteiger partial charge is 0.221 e. The molecule has 3 N–H and O–H groups in total. The van der Waals surface area contributed by atoms with Crippen LogP contribution in [0.15, 0.2) is 18.2 Å². The summed E-state index contributed by atoms with van der Waals surface area (Å²) in [4.78, 5) is 11.2. The van der Waals surface area contributed by atoms with Crippen LogP contribution in [0.3, 0.4) is 0 Å². The third kappa shape index (κ3) is 6.49. The van der Waals surface area contributed by atoms with Crippen molar-refractivity contribution in [1.82, 2.24) is 5.32 Å². The molecule has 0 bridgehead atoms. The molecule has 0 aliphatic carbocycles. The molecule has 0 atom stereocenters. The van der Waals surface area contributed by atoms with Gasteiger partial charge in [0, 0.05) is 31.2 Å². The molecule has 0 saturated carbocycles. The fraction of sp³-hybridized carbons (Fsp3) is 0.462. The van der Waals surface area contributed by atoms with Gasteiger partial charge in [0.05, 0.1) is 20.8 Å². The van der Waals surface area contributed by atoms with Crippen LogP contribution in [0.4, 0.5) is 0 Å². The summed E-state index contributed by atoms with van der Waals surface area (Å²) in [6.07, 6.45) is 0.326. The summed E-state index contributed by atoms with van der Waals surface area (Å²) in [6, 6.07) is 5.27. The van der Waals surface area contributed by atoms with Crippen LogP contribution in [0, 0.1) is 0 Å². The van der Waals surface area contributed by atoms with Crippen LogP contribution in [0.2, 0.25) is 0 Å². The number of rotatable bonds is 8. The molecule has 1 amide bonds. The highest BCUT2D eigenvalue weighted by Crippen LogP contribution is 2.27. The van der Waals surface area contributed by atoms with Gasteiger partial charge in [-0.3, -0.25) is 4.79 Å². The highest BCUT2D eigenvalue weighted by Gasteiger charge is 2.03. The number of halogens is 1. The van der Waals surface area contributed by atoms with E-state index in [1.54, 1.807) is 32.4 Å². The van der Waals surface area contributed by atoms with Crippen molar-refractivity contribution in [3.05, 3.63) is 18.2 Å². The van der Waals surface area contributed by atoms with Crippen LogP contribution in [-0.2, 0) is 4.79 Å². The number of hydrogen-bond acceptors (Lipinski definition) is 5. The Morgan fingerprint density at radius 3 is 2.20 bits per heavy atom. The minimum Gasteiger partial charge on any atom is -0.496 e. The van der Waals surface area contributed by atoms with E-state index in [1.807, 2.05) is 0 Å². The zero-order valence-corrected chi connectivity index (χ0v) is 12.5. The molecule has 7 heteroatoms. The Morgan fingerprint density at radius 2 is 1.70 bits per heavy atom. The van der Waals surface area contributed by atoms with Crippen LogP contribution in [0.1, 0.15) is 6.42 Å². The van der Waals surface area contributed by atoms with Gasteiger partial charge in [0.25, 0.3) is 0 Å². The molecule has 1 aromatic carbocycles. The molecule has 6 nitrogen and oxygen atoms in total. The second-order valence-electron chi connectivity index (χ2n) is 3.79. The number of nitrogens with one attached hydrogen (secondary N) is 1. The molecule has 0 aromatic heterocycles. The maximum Gasteiger partial charge on any atom is 0.221 e. The fourth-order valence-electron chi connectivity index (χ4n) is 1.44. The fourth-order valence-corrected chi connectivity index (χ4v) is 1.44. The molecule has 1 aromatic rings. The van der Waals surface area contributed by atoms with Crippen molar-refractivity contribution in [1.29, 1.82) is 0 Å². The molecule has 114 valence electrons. The van der Waals surface area contributed by atoms with Crippen LogP contribution in [-0.4, -0.2) is 39.8 Å². The molecule has 0 aliphatic heterocycles. The minimum absolute atomic E-state index is 0. The lowest BCUT2D eigenvalue weighted by Gasteiger charge is -2.10. The van der Waals surface area contributed by atoms with E-state index in [0.29, 0.717) is 43.4 Å². The van der Waals surface area contributed by atoms with E-state index in [-0.39, 0.29) is 18.3 Å². The normalized spacial score (nSPS) is 9.35. The average Bonchev–Trinajstić information content (AvgIpc) is 2.43. The van der Waals surface area contributed by atoms with Crippen LogP contribution < -0.4 is 25.3 Å². The predicted molar refractivity (Wildman–Crippen MR) is 79.0 cm³/mol. The van der Waals surface area contributed by atoms with E-state index in [4.69, 9.17) is 19.9 Å². The lowest BCUT2D eigenvalue weighted by molar-refractivity contribution is -0.120. The lowest BCUT2D eigenvalue weighted by Crippen LogP contribution is -2.29. The second kappa shape index (κ2) is 10.2. The Labute approximate surface area is 125 Å². The number of nitrogens with two attached hydrogens (primary N) is 1. The predicted octanol–water partition coefficient (Wildman–Crippen LogP) is 0.969. The highest BCUT2D eigenvalue weighted by molar-refractivity contribution is 5.85. The monoisotopic (exact) mass is 304 g/mol. The van der Waals surface area contributed by atoms with Crippen LogP contribution in [0.25, 0.3) is 0 Å². The number of methoxy groups -OCH3 is 2. The molecule has 1 rings (SSSR count). The topological polar surface area (TPSA) is 82.8 Å². The molecule has 0 aliphatic rings. The van der Waals surface area contributed by atoms with Crippen molar-refractivity contribution in [2.24, 2.45) is 5.73 Å². The quantitative estimate of drug-likeness (QED) is 0.699. The van der Waals surface area contributed by atoms with Crippen molar-refractivity contribution in [2.45, 2.75) is 6.42 Å². The van der Waals surface area contributed by atoms with Gasteiger partial charge < -0.3 is 25.3 Å². The van der Waals surface area contributed by atoms with E-state index >= 15 is 0 Å². The third-order valence-electron chi connectivity index (χ3n) is 2.39. The molecule has 0 unspecified atom stereocenters. The van der Waals surface area contributed by atoms with Gasteiger partial charge in [-0.1, -0.05) is 0 Å². The summed E-state index contributed by atoms with van der Waals surface area (Å²) in [5.74, 6) is 1.86. The van der Waals surface area contributed by atoms with Gasteiger partial charge >= 0.3 is 0 Å². The summed E-state index contributed by atoms with van der Waals surface area (Å²) < 4.78 is 15.8. The standard InChI is InChI=1S/C13H20N2O4.ClH/c1-17-10-7-11(18-2)9-12(8-10)19-6-5-15-13(16)3-4-14;/h7-9H,3-6,14H2,1-2H3,(H,15,16);1H. The molecule has 0 heterocycles. The lowest BCUT2D eigenvalue weighted by atomic mass is 10.3. The number of hydrogen-bond donors (Lipinski definition) is 2. The Morgan fingerprint density at radius 1 is 1.15 bits per heavy atom. The van der Waals surface area contributed by atoms with Crippen LogP contribution in [0.5, 0.6) is 17.2 Å². The summed E-state index contributed by atoms with van der Waals surface area (Å²) in [5, 5.41) is 2.70. The van der Waals surface area contributed by atoms with Crippen molar-refractivity contribution in [3.8, 4) is 17.2 Å². The maximum atomic E-state index is 11.2. The molecule has 0 fully saturated rings. The summed E-state index contributed by atoms with van der Waals surface area (Å²) in [5.41, 5.74) is 5.27. The summed E-state index contributed by atoms with van der Waals surface area (Å²) >= 11 is 0. The van der Waals surface area contributed by atoms with Crippen molar-refractivity contribution >= 4 is 18.3 Å². The zero-order valence-electron chi connectivity index (χ0n) is 11.7. The molecule has 20 heavy (non-hydrogen) atoms. The zero-order chi connectivity index (χ0) is 14.1. The Kier molecular flexibility index (Phi) is 9.32. The van der Waals surface area contributed by atoms with Gasteiger partial charge in [-0.15, -0.1) is 12.4 Å². The average molecular weight is 305 g/mol. The van der Waals surface area contributed by atoms with Gasteiger partial charge in [-0.05, 0) is 0 Å². The highest BCUT2D eigenvalue weighted by atomic mass is 35.5. The molecule has 0 radical (unpaired) electrons. The van der Waals surface area contributed by atoms with E-state index in [1.165, 1.54) is 0 Å². The van der Waals surface area contributed by atoms with Gasteiger partial charge in [-0.2, -0.15) is 0 Å². The number of ether oxygens (including phenoxy) is 3. The first kappa shape index (κ1) is 18.3. The van der Waals surface area contributed by atoms with E-state index in [9.17, 15) is 4.79 Å². The molecule has 0 saturated heterocycles. The Balaban J connectivity index is 0.00000361. The minimum atomic E-state index is -0.0747. The van der Waals surface area contributed by atoms with Crippen molar-refractivity contribution in [3.63, 3.8) is 0 Å². The van der Waals surface area contributed by atoms with Crippen LogP contribution >= 0.6 is 12.4 Å². The molecule has 0 spiro atoms. The third-order valence-corrected chi connectivity index (χ3v) is 2.39. The maximum absolute atomic E-state index is 11.2. The first-order valence-electron chi connectivity index (χ1n) is 6.02. The summed E-state index contributed by atoms with van der Waals surface area (Å²) in [7, 11) is 3.15. The van der Waals surface area contributed by atoms with E-state index in [0.717, 1.165) is 0 Å². The SMILES string of the molecule is COc1cc(OC)cc(OCCNC(=O)CCN)c1.Cl. The summed E-state index contributed by atoms with van der Waals surface area (Å²) in [6.45, 7) is 1.14. The largest absolute Gasteiger partial charge is 0.496 e. The van der Waals surface area contributed by atoms with E-state index < -0.39 is 0 Å². The Bertz CT molecular complexity index is 393. The van der Waals surface area contributed by atoms with Crippen molar-refractivity contribution in [2.75, 3.05) is 33.9 Å². The Hall–Kier alpha value is -1.66. The first-order valence-corrected chi connectivity index (χ1v) is 6.02. The number of benzene rings is 1. The number of carbonyl (C=O) groups excluding carboxylic acids is 1. The number of carbonyl (C=O) groups is 1. The second-order valence-corrected chi connectivity index (χ2v) is 3.79. The molecular formula is C13H21ClN2O4. The van der Waals surface area contributed by atoms with E-state index in [2.05, 4.69) is 5.32 Å². The van der Waals surface area contributed by atoms with Gasteiger partial charge in [0.2, 0.25) is 5.91 Å². The number of amides is 1. The first-order chi connectivity index (χ1) is 9.19. The van der Waals surface area contributed by atoms with Gasteiger partial charge in [0.15, 0.2) is 0 Å². The van der Waals surface area contributed by atoms with Gasteiger partial charge in [0.1, 0.15) is 23.9 Å². The molecular weight excluding hydrogens is 284 g/mol.